The molecule has 6 nitrogen and oxygen atoms in total. The predicted molar refractivity (Wildman–Crippen MR) is 110 cm³/mol. The van der Waals surface area contributed by atoms with Gasteiger partial charge in [-0.05, 0) is 38.2 Å². The summed E-state index contributed by atoms with van der Waals surface area (Å²) in [5.74, 6) is 2.29. The Morgan fingerprint density at radius 2 is 1.96 bits per heavy atom. The second kappa shape index (κ2) is 11.5. The molecule has 1 fully saturated rings. The molecule has 150 valence electrons. The zero-order valence-electron chi connectivity index (χ0n) is 17.0. The van der Waals surface area contributed by atoms with Gasteiger partial charge in [-0.2, -0.15) is 0 Å². The van der Waals surface area contributed by atoms with Gasteiger partial charge in [0.15, 0.2) is 5.96 Å². The molecule has 1 aliphatic rings. The first-order valence-corrected chi connectivity index (χ1v) is 10.1. The zero-order chi connectivity index (χ0) is 19.5. The molecule has 1 aromatic rings. The number of nitrogens with one attached hydrogen (secondary N) is 2. The Morgan fingerprint density at radius 1 is 1.22 bits per heavy atom. The van der Waals surface area contributed by atoms with Crippen LogP contribution >= 0.6 is 0 Å². The van der Waals surface area contributed by atoms with E-state index in [2.05, 4.69) is 29.5 Å². The first kappa shape index (κ1) is 21.1. The highest BCUT2D eigenvalue weighted by Crippen LogP contribution is 2.19. The smallest absolute Gasteiger partial charge is 0.241 e. The predicted octanol–water partition coefficient (Wildman–Crippen LogP) is 2.79. The highest BCUT2D eigenvalue weighted by Gasteiger charge is 2.17. The Labute approximate surface area is 163 Å². The van der Waals surface area contributed by atoms with Crippen LogP contribution in [0.3, 0.4) is 0 Å². The van der Waals surface area contributed by atoms with E-state index in [4.69, 9.17) is 4.74 Å². The number of benzene rings is 1. The van der Waals surface area contributed by atoms with Gasteiger partial charge in [0.25, 0.3) is 0 Å². The Morgan fingerprint density at radius 3 is 2.67 bits per heavy atom. The molecule has 6 heteroatoms. The van der Waals surface area contributed by atoms with Crippen LogP contribution in [0.15, 0.2) is 29.3 Å². The number of aliphatic imine (C=N–C) groups is 1. The summed E-state index contributed by atoms with van der Waals surface area (Å²) in [6, 6.07) is 8.00. The van der Waals surface area contributed by atoms with Crippen LogP contribution in [0.1, 0.15) is 45.6 Å². The third kappa shape index (κ3) is 7.49. The summed E-state index contributed by atoms with van der Waals surface area (Å²) >= 11 is 0. The van der Waals surface area contributed by atoms with Crippen molar-refractivity contribution in [2.24, 2.45) is 10.9 Å². The Hall–Kier alpha value is -2.24. The van der Waals surface area contributed by atoms with Gasteiger partial charge in [0, 0.05) is 25.2 Å². The minimum atomic E-state index is 0.135. The van der Waals surface area contributed by atoms with Crippen molar-refractivity contribution in [2.75, 3.05) is 32.8 Å². The fourth-order valence-electron chi connectivity index (χ4n) is 2.92. The summed E-state index contributed by atoms with van der Waals surface area (Å²) in [4.78, 5) is 18.8. The summed E-state index contributed by atoms with van der Waals surface area (Å²) in [5.41, 5.74) is 1.05. The summed E-state index contributed by atoms with van der Waals surface area (Å²) in [6.07, 6.45) is 3.24. The molecule has 0 atom stereocenters. The topological polar surface area (TPSA) is 66.0 Å². The van der Waals surface area contributed by atoms with E-state index in [1.54, 1.807) is 0 Å². The van der Waals surface area contributed by atoms with E-state index >= 15 is 0 Å². The van der Waals surface area contributed by atoms with Gasteiger partial charge in [-0.25, -0.2) is 4.99 Å². The Bertz CT molecular complexity index is 610. The number of carbonyl (C=O) groups excluding carboxylic acids is 1. The first-order valence-electron chi connectivity index (χ1n) is 10.1. The molecule has 1 amide bonds. The van der Waals surface area contributed by atoms with Crippen molar-refractivity contribution in [3.63, 3.8) is 0 Å². The average molecular weight is 375 g/mol. The lowest BCUT2D eigenvalue weighted by Crippen LogP contribution is -2.44. The number of amides is 1. The van der Waals surface area contributed by atoms with E-state index < -0.39 is 0 Å². The molecule has 1 aromatic carbocycles. The number of hydrogen-bond acceptors (Lipinski definition) is 3. The maximum Gasteiger partial charge on any atom is 0.241 e. The van der Waals surface area contributed by atoms with Crippen molar-refractivity contribution in [1.82, 2.24) is 15.5 Å². The molecule has 2 rings (SSSR count). The van der Waals surface area contributed by atoms with Gasteiger partial charge in [0.05, 0.1) is 19.7 Å². The highest BCUT2D eigenvalue weighted by atomic mass is 16.5. The zero-order valence-corrected chi connectivity index (χ0v) is 17.0. The quantitative estimate of drug-likeness (QED) is 0.515. The molecule has 0 radical (unpaired) electrons. The molecule has 0 aliphatic carbocycles. The molecule has 1 heterocycles. The normalized spacial score (nSPS) is 14.5. The molecular weight excluding hydrogens is 340 g/mol. The third-order valence-corrected chi connectivity index (χ3v) is 4.54. The second-order valence-electron chi connectivity index (χ2n) is 7.28. The van der Waals surface area contributed by atoms with Gasteiger partial charge in [0.2, 0.25) is 5.91 Å². The van der Waals surface area contributed by atoms with E-state index in [1.165, 1.54) is 0 Å². The standard InChI is InChI=1S/C21H34N4O2/c1-4-22-21(24-16-20(26)25-12-7-8-13-25)23-15-18-9-5-6-10-19(18)27-14-11-17(2)3/h5-6,9-10,17H,4,7-8,11-16H2,1-3H3,(H2,22,23,24). The van der Waals surface area contributed by atoms with Gasteiger partial charge in [-0.3, -0.25) is 4.79 Å². The van der Waals surface area contributed by atoms with Crippen molar-refractivity contribution >= 4 is 11.9 Å². The van der Waals surface area contributed by atoms with E-state index in [1.807, 2.05) is 36.1 Å². The lowest BCUT2D eigenvalue weighted by Gasteiger charge is -2.17. The number of carbonyl (C=O) groups is 1. The van der Waals surface area contributed by atoms with Crippen LogP contribution in [0.25, 0.3) is 0 Å². The SMILES string of the molecule is CCNC(=NCc1ccccc1OCCC(C)C)NCC(=O)N1CCCC1. The fraction of sp³-hybridized carbons (Fsp3) is 0.619. The summed E-state index contributed by atoms with van der Waals surface area (Å²) in [5, 5.41) is 6.36. The molecular formula is C21H34N4O2. The van der Waals surface area contributed by atoms with Gasteiger partial charge in [0.1, 0.15) is 5.75 Å². The molecule has 0 bridgehead atoms. The Kier molecular flexibility index (Phi) is 8.95. The maximum absolute atomic E-state index is 12.2. The van der Waals surface area contributed by atoms with Crippen molar-refractivity contribution in [3.05, 3.63) is 29.8 Å². The fourth-order valence-corrected chi connectivity index (χ4v) is 2.92. The largest absolute Gasteiger partial charge is 0.493 e. The summed E-state index contributed by atoms with van der Waals surface area (Å²) in [7, 11) is 0. The summed E-state index contributed by atoms with van der Waals surface area (Å²) in [6.45, 7) is 10.4. The van der Waals surface area contributed by atoms with Crippen LogP contribution < -0.4 is 15.4 Å². The van der Waals surface area contributed by atoms with E-state index in [9.17, 15) is 4.79 Å². The van der Waals surface area contributed by atoms with Gasteiger partial charge < -0.3 is 20.3 Å². The highest BCUT2D eigenvalue weighted by molar-refractivity contribution is 5.86. The first-order chi connectivity index (χ1) is 13.1. The molecule has 27 heavy (non-hydrogen) atoms. The van der Waals surface area contributed by atoms with Crippen molar-refractivity contribution < 1.29 is 9.53 Å². The second-order valence-corrected chi connectivity index (χ2v) is 7.28. The number of hydrogen-bond donors (Lipinski definition) is 2. The van der Waals surface area contributed by atoms with Crippen LogP contribution in [0.5, 0.6) is 5.75 Å². The number of para-hydroxylation sites is 1. The molecule has 0 spiro atoms. The number of rotatable bonds is 9. The number of nitrogens with zero attached hydrogens (tertiary/aromatic N) is 2. The van der Waals surface area contributed by atoms with Crippen LogP contribution in [0, 0.1) is 5.92 Å². The maximum atomic E-state index is 12.2. The Balaban J connectivity index is 1.92. The molecule has 0 saturated carbocycles. The number of ether oxygens (including phenoxy) is 1. The van der Waals surface area contributed by atoms with Crippen molar-refractivity contribution in [1.29, 1.82) is 0 Å². The number of likely N-dealkylation sites (tertiary alicyclic amines) is 1. The molecule has 0 aromatic heterocycles. The third-order valence-electron chi connectivity index (χ3n) is 4.54. The van der Waals surface area contributed by atoms with E-state index in [0.29, 0.717) is 25.0 Å². The monoisotopic (exact) mass is 374 g/mol. The van der Waals surface area contributed by atoms with Crippen LogP contribution in [0.2, 0.25) is 0 Å². The summed E-state index contributed by atoms with van der Waals surface area (Å²) < 4.78 is 5.94. The van der Waals surface area contributed by atoms with E-state index in [0.717, 1.165) is 50.2 Å². The number of guanidine groups is 1. The van der Waals surface area contributed by atoms with Crippen LogP contribution in [0.4, 0.5) is 0 Å². The van der Waals surface area contributed by atoms with Crippen molar-refractivity contribution in [3.8, 4) is 5.75 Å². The minimum Gasteiger partial charge on any atom is -0.493 e. The molecule has 2 N–H and O–H groups in total. The molecule has 0 unspecified atom stereocenters. The van der Waals surface area contributed by atoms with Crippen LogP contribution in [-0.4, -0.2) is 49.6 Å². The lowest BCUT2D eigenvalue weighted by molar-refractivity contribution is -0.128. The molecule has 1 saturated heterocycles. The minimum absolute atomic E-state index is 0.135. The van der Waals surface area contributed by atoms with E-state index in [-0.39, 0.29) is 12.5 Å². The van der Waals surface area contributed by atoms with Crippen molar-refractivity contribution in [2.45, 2.75) is 46.6 Å². The molecule has 1 aliphatic heterocycles. The van der Waals surface area contributed by atoms with Gasteiger partial charge >= 0.3 is 0 Å². The average Bonchev–Trinajstić information content (AvgIpc) is 3.19. The lowest BCUT2D eigenvalue weighted by atomic mass is 10.1. The van der Waals surface area contributed by atoms with Gasteiger partial charge in [-0.15, -0.1) is 0 Å². The van der Waals surface area contributed by atoms with Crippen LogP contribution in [-0.2, 0) is 11.3 Å². The van der Waals surface area contributed by atoms with Gasteiger partial charge in [-0.1, -0.05) is 32.0 Å².